The van der Waals surface area contributed by atoms with Gasteiger partial charge in [-0.3, -0.25) is 4.79 Å². The minimum atomic E-state index is 0.0550. The average molecular weight is 278 g/mol. The van der Waals surface area contributed by atoms with Crippen molar-refractivity contribution in [1.29, 1.82) is 0 Å². The number of benzene rings is 1. The molecular formula is C15H22N2OS. The van der Waals surface area contributed by atoms with Gasteiger partial charge in [0.15, 0.2) is 0 Å². The van der Waals surface area contributed by atoms with Gasteiger partial charge in [-0.25, -0.2) is 0 Å². The molecule has 1 rings (SSSR count). The molecular weight excluding hydrogens is 256 g/mol. The molecule has 0 bridgehead atoms. The first kappa shape index (κ1) is 15.6. The van der Waals surface area contributed by atoms with Crippen LogP contribution < -0.4 is 11.1 Å². The molecule has 3 N–H and O–H groups in total. The molecule has 1 aromatic carbocycles. The number of carbonyl (C=O) groups excluding carboxylic acids is 1. The molecule has 19 heavy (non-hydrogen) atoms. The van der Waals surface area contributed by atoms with Crippen molar-refractivity contribution in [2.45, 2.75) is 39.5 Å². The quantitative estimate of drug-likeness (QED) is 0.751. The lowest BCUT2D eigenvalue weighted by Gasteiger charge is -2.16. The van der Waals surface area contributed by atoms with Gasteiger partial charge in [0.2, 0.25) is 5.91 Å². The van der Waals surface area contributed by atoms with Gasteiger partial charge in [-0.05, 0) is 25.0 Å². The van der Waals surface area contributed by atoms with Crippen molar-refractivity contribution in [2.24, 2.45) is 11.7 Å². The van der Waals surface area contributed by atoms with Gasteiger partial charge in [0.25, 0.3) is 0 Å². The smallest absolute Gasteiger partial charge is 0.227 e. The molecule has 0 fully saturated rings. The summed E-state index contributed by atoms with van der Waals surface area (Å²) in [7, 11) is 0. The predicted molar refractivity (Wildman–Crippen MR) is 84.3 cm³/mol. The monoisotopic (exact) mass is 278 g/mol. The summed E-state index contributed by atoms with van der Waals surface area (Å²) in [5.74, 6) is 0.110. The highest BCUT2D eigenvalue weighted by atomic mass is 32.1. The van der Waals surface area contributed by atoms with E-state index in [0.29, 0.717) is 10.7 Å². The van der Waals surface area contributed by atoms with Crippen LogP contribution in [0.4, 0.5) is 5.69 Å². The van der Waals surface area contributed by atoms with Crippen LogP contribution in [-0.2, 0) is 4.79 Å². The number of thiocarbonyl (C=S) groups is 1. The van der Waals surface area contributed by atoms with Gasteiger partial charge in [-0.1, -0.05) is 51.0 Å². The Bertz CT molecular complexity index is 446. The van der Waals surface area contributed by atoms with Crippen LogP contribution in [0.3, 0.4) is 0 Å². The van der Waals surface area contributed by atoms with Gasteiger partial charge in [0.1, 0.15) is 4.99 Å². The van der Waals surface area contributed by atoms with E-state index in [4.69, 9.17) is 18.0 Å². The van der Waals surface area contributed by atoms with Crippen molar-refractivity contribution in [3.63, 3.8) is 0 Å². The Morgan fingerprint density at radius 3 is 2.63 bits per heavy atom. The average Bonchev–Trinajstić information content (AvgIpc) is 2.40. The highest BCUT2D eigenvalue weighted by molar-refractivity contribution is 7.80. The number of para-hydroxylation sites is 1. The van der Waals surface area contributed by atoms with Crippen LogP contribution in [0.2, 0.25) is 0 Å². The van der Waals surface area contributed by atoms with E-state index in [2.05, 4.69) is 12.2 Å². The van der Waals surface area contributed by atoms with Crippen molar-refractivity contribution in [2.75, 3.05) is 5.32 Å². The fourth-order valence-electron chi connectivity index (χ4n) is 2.01. The number of hydrogen-bond acceptors (Lipinski definition) is 2. The van der Waals surface area contributed by atoms with E-state index in [9.17, 15) is 4.79 Å². The Hall–Kier alpha value is -1.42. The first-order valence-electron chi connectivity index (χ1n) is 6.79. The molecule has 4 heteroatoms. The lowest BCUT2D eigenvalue weighted by atomic mass is 9.98. The Kier molecular flexibility index (Phi) is 6.50. The van der Waals surface area contributed by atoms with Crippen LogP contribution in [0.1, 0.15) is 45.1 Å². The van der Waals surface area contributed by atoms with Crippen LogP contribution in [0.5, 0.6) is 0 Å². The summed E-state index contributed by atoms with van der Waals surface area (Å²) in [4.78, 5) is 12.5. The second kappa shape index (κ2) is 7.89. The normalized spacial score (nSPS) is 11.9. The molecule has 0 aliphatic carbocycles. The molecule has 1 unspecified atom stereocenters. The third kappa shape index (κ3) is 4.63. The van der Waals surface area contributed by atoms with Gasteiger partial charge in [0, 0.05) is 11.5 Å². The van der Waals surface area contributed by atoms with Crippen molar-refractivity contribution >= 4 is 28.8 Å². The molecule has 0 spiro atoms. The van der Waals surface area contributed by atoms with Crippen molar-refractivity contribution in [1.82, 2.24) is 0 Å². The summed E-state index contributed by atoms with van der Waals surface area (Å²) < 4.78 is 0. The number of anilines is 1. The van der Waals surface area contributed by atoms with E-state index in [-0.39, 0.29) is 11.8 Å². The molecule has 0 saturated carbocycles. The maximum absolute atomic E-state index is 12.2. The second-order valence-electron chi connectivity index (χ2n) is 4.65. The van der Waals surface area contributed by atoms with E-state index in [1.54, 1.807) is 0 Å². The van der Waals surface area contributed by atoms with Crippen LogP contribution in [0.15, 0.2) is 24.3 Å². The molecule has 0 saturated heterocycles. The molecule has 0 aromatic heterocycles. The summed E-state index contributed by atoms with van der Waals surface area (Å²) in [6.45, 7) is 4.17. The zero-order chi connectivity index (χ0) is 14.3. The SMILES string of the molecule is CCCCC(CC)C(=O)Nc1ccccc1C(N)=S. The largest absolute Gasteiger partial charge is 0.389 e. The maximum Gasteiger partial charge on any atom is 0.227 e. The van der Waals surface area contributed by atoms with E-state index in [1.165, 1.54) is 0 Å². The standard InChI is InChI=1S/C15H22N2OS/c1-3-5-8-11(4-2)15(18)17-13-10-7-6-9-12(13)14(16)19/h6-7,9-11H,3-5,8H2,1-2H3,(H2,16,19)(H,17,18). The van der Waals surface area contributed by atoms with Crippen LogP contribution in [0, 0.1) is 5.92 Å². The van der Waals surface area contributed by atoms with Crippen molar-refractivity contribution < 1.29 is 4.79 Å². The molecule has 3 nitrogen and oxygen atoms in total. The minimum absolute atomic E-state index is 0.0550. The van der Waals surface area contributed by atoms with Crippen molar-refractivity contribution in [3.8, 4) is 0 Å². The Morgan fingerprint density at radius 1 is 1.37 bits per heavy atom. The molecule has 0 radical (unpaired) electrons. The maximum atomic E-state index is 12.2. The molecule has 0 aliphatic rings. The summed E-state index contributed by atoms with van der Waals surface area (Å²) >= 11 is 4.99. The lowest BCUT2D eigenvalue weighted by molar-refractivity contribution is -0.120. The van der Waals surface area contributed by atoms with E-state index < -0.39 is 0 Å². The second-order valence-corrected chi connectivity index (χ2v) is 5.09. The van der Waals surface area contributed by atoms with Gasteiger partial charge in [-0.2, -0.15) is 0 Å². The molecule has 1 aromatic rings. The summed E-state index contributed by atoms with van der Waals surface area (Å²) in [5.41, 5.74) is 7.08. The molecule has 1 amide bonds. The van der Waals surface area contributed by atoms with E-state index in [1.807, 2.05) is 31.2 Å². The van der Waals surface area contributed by atoms with Crippen molar-refractivity contribution in [3.05, 3.63) is 29.8 Å². The van der Waals surface area contributed by atoms with Gasteiger partial charge in [-0.15, -0.1) is 0 Å². The Labute approximate surface area is 120 Å². The Balaban J connectivity index is 2.78. The lowest BCUT2D eigenvalue weighted by Crippen LogP contribution is -2.24. The third-order valence-electron chi connectivity index (χ3n) is 3.22. The summed E-state index contributed by atoms with van der Waals surface area (Å²) in [6, 6.07) is 7.38. The van der Waals surface area contributed by atoms with Gasteiger partial charge >= 0.3 is 0 Å². The number of hydrogen-bond donors (Lipinski definition) is 2. The zero-order valence-electron chi connectivity index (χ0n) is 11.6. The van der Waals surface area contributed by atoms with E-state index >= 15 is 0 Å². The molecule has 1 atom stereocenters. The van der Waals surface area contributed by atoms with Crippen LogP contribution in [0.25, 0.3) is 0 Å². The number of nitrogens with two attached hydrogens (primary N) is 1. The number of amides is 1. The first-order chi connectivity index (χ1) is 9.10. The number of unbranched alkanes of at least 4 members (excludes halogenated alkanes) is 1. The summed E-state index contributed by atoms with van der Waals surface area (Å²) in [5, 5.41) is 2.95. The van der Waals surface area contributed by atoms with Crippen LogP contribution in [-0.4, -0.2) is 10.9 Å². The first-order valence-corrected chi connectivity index (χ1v) is 7.20. The topological polar surface area (TPSA) is 55.1 Å². The fourth-order valence-corrected chi connectivity index (χ4v) is 2.19. The highest BCUT2D eigenvalue weighted by Crippen LogP contribution is 2.19. The van der Waals surface area contributed by atoms with Gasteiger partial charge in [0.05, 0.1) is 5.69 Å². The zero-order valence-corrected chi connectivity index (χ0v) is 12.4. The Morgan fingerprint density at radius 2 is 2.05 bits per heavy atom. The minimum Gasteiger partial charge on any atom is -0.389 e. The third-order valence-corrected chi connectivity index (χ3v) is 3.44. The molecule has 0 heterocycles. The molecule has 0 aliphatic heterocycles. The number of carbonyl (C=O) groups is 1. The number of nitrogens with one attached hydrogen (secondary N) is 1. The highest BCUT2D eigenvalue weighted by Gasteiger charge is 2.17. The number of rotatable bonds is 7. The predicted octanol–water partition coefficient (Wildman–Crippen LogP) is 3.48. The van der Waals surface area contributed by atoms with Crippen LogP contribution >= 0.6 is 12.2 Å². The van der Waals surface area contributed by atoms with E-state index in [0.717, 1.165) is 31.2 Å². The fraction of sp³-hybridized carbons (Fsp3) is 0.467. The van der Waals surface area contributed by atoms with Gasteiger partial charge < -0.3 is 11.1 Å². The molecule has 104 valence electrons. The summed E-state index contributed by atoms with van der Waals surface area (Å²) in [6.07, 6.45) is 3.95.